The maximum absolute atomic E-state index is 9.29. The Morgan fingerprint density at radius 2 is 2.00 bits per heavy atom. The first kappa shape index (κ1) is 12.9. The molecule has 0 heterocycles. The summed E-state index contributed by atoms with van der Waals surface area (Å²) in [5.74, 6) is 1.09. The molecular formula is C12H26N2O. The van der Waals surface area contributed by atoms with Gasteiger partial charge in [-0.3, -0.25) is 0 Å². The van der Waals surface area contributed by atoms with Gasteiger partial charge < -0.3 is 16.2 Å². The Morgan fingerprint density at radius 3 is 2.53 bits per heavy atom. The van der Waals surface area contributed by atoms with Crippen LogP contribution in [0, 0.1) is 11.8 Å². The van der Waals surface area contributed by atoms with Gasteiger partial charge >= 0.3 is 0 Å². The third-order valence-corrected chi connectivity index (χ3v) is 3.64. The summed E-state index contributed by atoms with van der Waals surface area (Å²) in [6, 6.07) is 0.741. The van der Waals surface area contributed by atoms with Crippen LogP contribution in [0.4, 0.5) is 0 Å². The third kappa shape index (κ3) is 3.74. The van der Waals surface area contributed by atoms with Crippen LogP contribution in [0.5, 0.6) is 0 Å². The van der Waals surface area contributed by atoms with E-state index < -0.39 is 0 Å². The molecule has 0 spiro atoms. The van der Waals surface area contributed by atoms with Crippen molar-refractivity contribution in [1.82, 2.24) is 5.32 Å². The number of nitrogens with one attached hydrogen (secondary N) is 1. The second kappa shape index (κ2) is 6.46. The zero-order valence-corrected chi connectivity index (χ0v) is 10.1. The zero-order chi connectivity index (χ0) is 11.3. The van der Waals surface area contributed by atoms with Crippen molar-refractivity contribution in [1.29, 1.82) is 0 Å². The molecule has 3 heteroatoms. The minimum absolute atomic E-state index is 0.224. The van der Waals surface area contributed by atoms with Gasteiger partial charge in [0, 0.05) is 12.1 Å². The molecule has 1 saturated carbocycles. The lowest BCUT2D eigenvalue weighted by Gasteiger charge is -2.35. The average Bonchev–Trinajstić information content (AvgIpc) is 2.25. The molecule has 0 radical (unpaired) electrons. The summed E-state index contributed by atoms with van der Waals surface area (Å²) in [7, 11) is 0. The summed E-state index contributed by atoms with van der Waals surface area (Å²) in [4.78, 5) is 0. The molecule has 0 amide bonds. The second-order valence-corrected chi connectivity index (χ2v) is 5.09. The average molecular weight is 214 g/mol. The highest BCUT2D eigenvalue weighted by Gasteiger charge is 2.26. The fourth-order valence-corrected chi connectivity index (χ4v) is 2.44. The van der Waals surface area contributed by atoms with Gasteiger partial charge in [0.15, 0.2) is 0 Å². The van der Waals surface area contributed by atoms with Crippen molar-refractivity contribution < 1.29 is 5.11 Å². The second-order valence-electron chi connectivity index (χ2n) is 5.09. The Balaban J connectivity index is 2.46. The minimum Gasteiger partial charge on any atom is -0.395 e. The van der Waals surface area contributed by atoms with Gasteiger partial charge in [0.2, 0.25) is 0 Å². The highest BCUT2D eigenvalue weighted by Crippen LogP contribution is 2.24. The van der Waals surface area contributed by atoms with E-state index in [9.17, 15) is 5.11 Å². The highest BCUT2D eigenvalue weighted by molar-refractivity contribution is 4.85. The lowest BCUT2D eigenvalue weighted by molar-refractivity contribution is 0.166. The number of hydrogen-bond acceptors (Lipinski definition) is 3. The lowest BCUT2D eigenvalue weighted by atomic mass is 9.83. The zero-order valence-electron chi connectivity index (χ0n) is 10.1. The van der Waals surface area contributed by atoms with Crippen molar-refractivity contribution in [3.63, 3.8) is 0 Å². The number of aliphatic hydroxyl groups is 1. The van der Waals surface area contributed by atoms with E-state index in [4.69, 9.17) is 5.73 Å². The molecule has 0 bridgehead atoms. The Hall–Kier alpha value is -0.120. The standard InChI is InChI=1S/C12H26N2O/c1-9(2)12(8-15)14-11-6-4-3-5-10(11)7-13/h9-12,14-15H,3-8,13H2,1-2H3. The van der Waals surface area contributed by atoms with Gasteiger partial charge in [-0.25, -0.2) is 0 Å². The van der Waals surface area contributed by atoms with Gasteiger partial charge in [-0.05, 0) is 31.2 Å². The molecule has 0 aromatic carbocycles. The van der Waals surface area contributed by atoms with Gasteiger partial charge in [0.05, 0.1) is 6.61 Å². The molecule has 1 aliphatic rings. The SMILES string of the molecule is CC(C)C(CO)NC1CCCCC1CN. The highest BCUT2D eigenvalue weighted by atomic mass is 16.3. The van der Waals surface area contributed by atoms with E-state index in [1.807, 2.05) is 0 Å². The first-order valence-electron chi connectivity index (χ1n) is 6.26. The Morgan fingerprint density at radius 1 is 1.33 bits per heavy atom. The number of aliphatic hydroxyl groups excluding tert-OH is 1. The van der Waals surface area contributed by atoms with E-state index in [-0.39, 0.29) is 12.6 Å². The van der Waals surface area contributed by atoms with E-state index in [1.165, 1.54) is 25.7 Å². The van der Waals surface area contributed by atoms with Crippen LogP contribution in [-0.2, 0) is 0 Å². The van der Waals surface area contributed by atoms with Crippen molar-refractivity contribution in [3.05, 3.63) is 0 Å². The third-order valence-electron chi connectivity index (χ3n) is 3.64. The van der Waals surface area contributed by atoms with E-state index >= 15 is 0 Å². The Kier molecular flexibility index (Phi) is 5.58. The Labute approximate surface area is 93.4 Å². The molecular weight excluding hydrogens is 188 g/mol. The van der Waals surface area contributed by atoms with Gasteiger partial charge in [0.25, 0.3) is 0 Å². The monoisotopic (exact) mass is 214 g/mol. The molecule has 0 aromatic rings. The fourth-order valence-electron chi connectivity index (χ4n) is 2.44. The molecule has 0 aliphatic heterocycles. The molecule has 90 valence electrons. The normalized spacial score (nSPS) is 29.4. The first-order valence-corrected chi connectivity index (χ1v) is 6.26. The quantitative estimate of drug-likeness (QED) is 0.642. The molecule has 4 N–H and O–H groups in total. The molecule has 15 heavy (non-hydrogen) atoms. The van der Waals surface area contributed by atoms with Crippen molar-refractivity contribution in [3.8, 4) is 0 Å². The number of hydrogen-bond donors (Lipinski definition) is 3. The number of rotatable bonds is 5. The van der Waals surface area contributed by atoms with Crippen LogP contribution in [0.25, 0.3) is 0 Å². The van der Waals surface area contributed by atoms with Gasteiger partial charge in [-0.2, -0.15) is 0 Å². The van der Waals surface area contributed by atoms with Crippen LogP contribution in [0.2, 0.25) is 0 Å². The van der Waals surface area contributed by atoms with Crippen molar-refractivity contribution >= 4 is 0 Å². The van der Waals surface area contributed by atoms with Gasteiger partial charge in [0.1, 0.15) is 0 Å². The summed E-state index contributed by atoms with van der Waals surface area (Å²) >= 11 is 0. The predicted molar refractivity (Wildman–Crippen MR) is 63.6 cm³/mol. The Bertz CT molecular complexity index is 173. The molecule has 0 aromatic heterocycles. The van der Waals surface area contributed by atoms with Crippen LogP contribution < -0.4 is 11.1 Å². The van der Waals surface area contributed by atoms with Gasteiger partial charge in [-0.15, -0.1) is 0 Å². The molecule has 1 rings (SSSR count). The van der Waals surface area contributed by atoms with E-state index in [0.29, 0.717) is 17.9 Å². The van der Waals surface area contributed by atoms with Crippen LogP contribution in [0.3, 0.4) is 0 Å². The van der Waals surface area contributed by atoms with E-state index in [0.717, 1.165) is 6.54 Å². The van der Waals surface area contributed by atoms with Crippen molar-refractivity contribution in [2.45, 2.75) is 51.6 Å². The fraction of sp³-hybridized carbons (Fsp3) is 1.00. The maximum Gasteiger partial charge on any atom is 0.0587 e. The van der Waals surface area contributed by atoms with E-state index in [1.54, 1.807) is 0 Å². The summed E-state index contributed by atoms with van der Waals surface area (Å²) in [6.07, 6.45) is 5.06. The lowest BCUT2D eigenvalue weighted by Crippen LogP contribution is -2.49. The van der Waals surface area contributed by atoms with Gasteiger partial charge in [-0.1, -0.05) is 26.7 Å². The van der Waals surface area contributed by atoms with Crippen LogP contribution in [-0.4, -0.2) is 30.3 Å². The summed E-state index contributed by atoms with van der Waals surface area (Å²) in [5, 5.41) is 12.9. The van der Waals surface area contributed by atoms with Crippen molar-refractivity contribution in [2.75, 3.05) is 13.2 Å². The summed E-state index contributed by atoms with van der Waals surface area (Å²) in [6.45, 7) is 5.29. The molecule has 1 aliphatic carbocycles. The first-order chi connectivity index (χ1) is 7.19. The van der Waals surface area contributed by atoms with Crippen LogP contribution in [0.1, 0.15) is 39.5 Å². The topological polar surface area (TPSA) is 58.3 Å². The summed E-state index contributed by atoms with van der Waals surface area (Å²) < 4.78 is 0. The van der Waals surface area contributed by atoms with E-state index in [2.05, 4.69) is 19.2 Å². The minimum atomic E-state index is 0.224. The maximum atomic E-state index is 9.29. The molecule has 3 atom stereocenters. The molecule has 3 nitrogen and oxygen atoms in total. The van der Waals surface area contributed by atoms with Crippen molar-refractivity contribution in [2.24, 2.45) is 17.6 Å². The smallest absolute Gasteiger partial charge is 0.0587 e. The molecule has 0 saturated heterocycles. The van der Waals surface area contributed by atoms with Crippen LogP contribution >= 0.6 is 0 Å². The molecule has 3 unspecified atom stereocenters. The molecule has 1 fully saturated rings. The van der Waals surface area contributed by atoms with Crippen LogP contribution in [0.15, 0.2) is 0 Å². The largest absolute Gasteiger partial charge is 0.395 e. The number of nitrogens with two attached hydrogens (primary N) is 1. The summed E-state index contributed by atoms with van der Waals surface area (Å²) in [5.41, 5.74) is 5.78. The predicted octanol–water partition coefficient (Wildman–Crippen LogP) is 1.11.